The molecule has 0 unspecified atom stereocenters. The van der Waals surface area contributed by atoms with E-state index in [-0.39, 0.29) is 18.4 Å². The summed E-state index contributed by atoms with van der Waals surface area (Å²) in [4.78, 5) is 24.7. The molecule has 118 valence electrons. The molecule has 0 bridgehead atoms. The number of nitrogens with zero attached hydrogens (tertiary/aromatic N) is 4. The Bertz CT molecular complexity index is 455. The maximum absolute atomic E-state index is 11.8. The van der Waals surface area contributed by atoms with Crippen LogP contribution in [0.5, 0.6) is 0 Å². The van der Waals surface area contributed by atoms with E-state index >= 15 is 0 Å². The van der Waals surface area contributed by atoms with Crippen molar-refractivity contribution in [1.82, 2.24) is 25.2 Å². The van der Waals surface area contributed by atoms with Crippen molar-refractivity contribution in [3.8, 4) is 0 Å². The lowest BCUT2D eigenvalue weighted by atomic mass is 10.2. The Morgan fingerprint density at radius 1 is 1.38 bits per heavy atom. The maximum atomic E-state index is 11.8. The second-order valence-corrected chi connectivity index (χ2v) is 4.62. The van der Waals surface area contributed by atoms with Crippen LogP contribution in [0, 0.1) is 0 Å². The molecular formula is C13H24N6O2. The average Bonchev–Trinajstić information content (AvgIpc) is 2.94. The Balaban J connectivity index is 2.31. The third-order valence-corrected chi connectivity index (χ3v) is 3.13. The number of hydrogen-bond donors (Lipinski definition) is 2. The van der Waals surface area contributed by atoms with Gasteiger partial charge in [-0.2, -0.15) is 0 Å². The van der Waals surface area contributed by atoms with Gasteiger partial charge < -0.3 is 16.0 Å². The second-order valence-electron chi connectivity index (χ2n) is 4.62. The van der Waals surface area contributed by atoms with E-state index in [9.17, 15) is 9.59 Å². The summed E-state index contributed by atoms with van der Waals surface area (Å²) < 4.78 is 1.68. The monoisotopic (exact) mass is 296 g/mol. The van der Waals surface area contributed by atoms with Gasteiger partial charge >= 0.3 is 0 Å². The fourth-order valence-electron chi connectivity index (χ4n) is 1.92. The highest BCUT2D eigenvalue weighted by Crippen LogP contribution is 2.01. The van der Waals surface area contributed by atoms with E-state index in [4.69, 9.17) is 5.73 Å². The zero-order valence-corrected chi connectivity index (χ0v) is 12.7. The third kappa shape index (κ3) is 5.90. The van der Waals surface area contributed by atoms with Crippen molar-refractivity contribution in [2.75, 3.05) is 19.6 Å². The first-order chi connectivity index (χ1) is 10.1. The first-order valence-electron chi connectivity index (χ1n) is 7.24. The zero-order valence-electron chi connectivity index (χ0n) is 12.7. The summed E-state index contributed by atoms with van der Waals surface area (Å²) in [5.41, 5.74) is 5.87. The molecule has 0 aromatic carbocycles. The van der Waals surface area contributed by atoms with Gasteiger partial charge in [0.2, 0.25) is 11.8 Å². The fraction of sp³-hybridized carbons (Fsp3) is 0.692. The summed E-state index contributed by atoms with van der Waals surface area (Å²) >= 11 is 0. The Morgan fingerprint density at radius 2 is 2.10 bits per heavy atom. The van der Waals surface area contributed by atoms with Crippen LogP contribution in [0.1, 0.15) is 32.4 Å². The molecule has 0 aliphatic heterocycles. The van der Waals surface area contributed by atoms with Crippen molar-refractivity contribution in [2.45, 2.75) is 39.8 Å². The predicted molar refractivity (Wildman–Crippen MR) is 78.1 cm³/mol. The van der Waals surface area contributed by atoms with Crippen molar-refractivity contribution in [1.29, 1.82) is 0 Å². The minimum atomic E-state index is -0.227. The van der Waals surface area contributed by atoms with Gasteiger partial charge in [0.1, 0.15) is 5.69 Å². The van der Waals surface area contributed by atoms with E-state index in [0.717, 1.165) is 13.1 Å². The lowest BCUT2D eigenvalue weighted by Crippen LogP contribution is -2.30. The molecule has 1 rings (SSSR count). The Labute approximate surface area is 124 Å². The first-order valence-corrected chi connectivity index (χ1v) is 7.24. The molecule has 0 radical (unpaired) electrons. The van der Waals surface area contributed by atoms with Crippen LogP contribution >= 0.6 is 0 Å². The van der Waals surface area contributed by atoms with Gasteiger partial charge in [0.25, 0.3) is 0 Å². The minimum absolute atomic E-state index is 0.0401. The standard InChI is InChI=1S/C13H24N6O2/c1-3-18(4-2)13(21)6-5-7-19-10-11(16-17-19)9-15-12(20)8-14/h10H,3-9,14H2,1-2H3,(H,15,20). The molecule has 3 N–H and O–H groups in total. The summed E-state index contributed by atoms with van der Waals surface area (Å²) in [6.07, 6.45) is 2.98. The van der Waals surface area contributed by atoms with Crippen molar-refractivity contribution in [3.63, 3.8) is 0 Å². The molecular weight excluding hydrogens is 272 g/mol. The lowest BCUT2D eigenvalue weighted by molar-refractivity contribution is -0.131. The Morgan fingerprint density at radius 3 is 2.71 bits per heavy atom. The SMILES string of the molecule is CCN(CC)C(=O)CCCn1cc(CNC(=O)CN)nn1. The number of aryl methyl sites for hydroxylation is 1. The molecule has 21 heavy (non-hydrogen) atoms. The topological polar surface area (TPSA) is 106 Å². The van der Waals surface area contributed by atoms with Crippen LogP contribution in [0.25, 0.3) is 0 Å². The normalized spacial score (nSPS) is 10.4. The highest BCUT2D eigenvalue weighted by Gasteiger charge is 2.09. The molecule has 2 amide bonds. The van der Waals surface area contributed by atoms with E-state index in [2.05, 4.69) is 15.6 Å². The van der Waals surface area contributed by atoms with Crippen molar-refractivity contribution < 1.29 is 9.59 Å². The largest absolute Gasteiger partial charge is 0.349 e. The molecule has 0 spiro atoms. The van der Waals surface area contributed by atoms with Crippen LogP contribution in [-0.4, -0.2) is 51.3 Å². The van der Waals surface area contributed by atoms with Crippen LogP contribution in [0.4, 0.5) is 0 Å². The quantitative estimate of drug-likeness (QED) is 0.639. The number of nitrogens with one attached hydrogen (secondary N) is 1. The zero-order chi connectivity index (χ0) is 15.7. The van der Waals surface area contributed by atoms with Crippen LogP contribution in [0.15, 0.2) is 6.20 Å². The van der Waals surface area contributed by atoms with Gasteiger partial charge in [-0.15, -0.1) is 5.10 Å². The average molecular weight is 296 g/mol. The van der Waals surface area contributed by atoms with Crippen LogP contribution < -0.4 is 11.1 Å². The number of amides is 2. The molecule has 1 heterocycles. The summed E-state index contributed by atoms with van der Waals surface area (Å²) in [7, 11) is 0. The van der Waals surface area contributed by atoms with Crippen LogP contribution in [0.2, 0.25) is 0 Å². The molecule has 1 aromatic rings. The van der Waals surface area contributed by atoms with E-state index in [1.54, 1.807) is 10.9 Å². The van der Waals surface area contributed by atoms with Gasteiger partial charge in [-0.3, -0.25) is 14.3 Å². The molecule has 0 atom stereocenters. The van der Waals surface area contributed by atoms with Gasteiger partial charge in [0, 0.05) is 26.1 Å². The number of carbonyl (C=O) groups is 2. The number of hydrogen-bond acceptors (Lipinski definition) is 5. The van der Waals surface area contributed by atoms with Gasteiger partial charge in [-0.05, 0) is 20.3 Å². The number of aromatic nitrogens is 3. The summed E-state index contributed by atoms with van der Waals surface area (Å²) in [5.74, 6) is -0.0649. The molecule has 1 aromatic heterocycles. The summed E-state index contributed by atoms with van der Waals surface area (Å²) in [6.45, 7) is 6.33. The minimum Gasteiger partial charge on any atom is -0.349 e. The van der Waals surface area contributed by atoms with Crippen molar-refractivity contribution >= 4 is 11.8 Å². The highest BCUT2D eigenvalue weighted by atomic mass is 16.2. The van der Waals surface area contributed by atoms with E-state index < -0.39 is 0 Å². The highest BCUT2D eigenvalue weighted by molar-refractivity contribution is 5.77. The van der Waals surface area contributed by atoms with Gasteiger partial charge in [0.15, 0.2) is 0 Å². The fourth-order valence-corrected chi connectivity index (χ4v) is 1.92. The van der Waals surface area contributed by atoms with Gasteiger partial charge in [-0.1, -0.05) is 5.21 Å². The summed E-state index contributed by atoms with van der Waals surface area (Å²) in [6, 6.07) is 0. The molecule has 0 aliphatic carbocycles. The van der Waals surface area contributed by atoms with Gasteiger partial charge in [0.05, 0.1) is 19.3 Å². The second kappa shape index (κ2) is 9.06. The van der Waals surface area contributed by atoms with Crippen LogP contribution in [-0.2, 0) is 22.7 Å². The maximum Gasteiger partial charge on any atom is 0.234 e. The Hall–Kier alpha value is -1.96. The third-order valence-electron chi connectivity index (χ3n) is 3.13. The smallest absolute Gasteiger partial charge is 0.234 e. The van der Waals surface area contributed by atoms with E-state index in [1.165, 1.54) is 0 Å². The Kier molecular flexibility index (Phi) is 7.38. The summed E-state index contributed by atoms with van der Waals surface area (Å²) in [5, 5.41) is 10.5. The first kappa shape index (κ1) is 17.1. The molecule has 8 nitrogen and oxygen atoms in total. The van der Waals surface area contributed by atoms with Crippen molar-refractivity contribution in [2.24, 2.45) is 5.73 Å². The van der Waals surface area contributed by atoms with Crippen LogP contribution in [0.3, 0.4) is 0 Å². The van der Waals surface area contributed by atoms with Crippen molar-refractivity contribution in [3.05, 3.63) is 11.9 Å². The molecule has 0 saturated carbocycles. The molecule has 0 aliphatic rings. The van der Waals surface area contributed by atoms with Gasteiger partial charge in [-0.25, -0.2) is 0 Å². The molecule has 0 saturated heterocycles. The number of nitrogens with two attached hydrogens (primary N) is 1. The number of carbonyl (C=O) groups excluding carboxylic acids is 2. The van der Waals surface area contributed by atoms with E-state index in [1.807, 2.05) is 18.7 Å². The predicted octanol–water partition coefficient (Wildman–Crippen LogP) is -0.498. The molecule has 0 fully saturated rings. The molecule has 8 heteroatoms. The van der Waals surface area contributed by atoms with E-state index in [0.29, 0.717) is 31.6 Å². The lowest BCUT2D eigenvalue weighted by Gasteiger charge is -2.18. The number of rotatable bonds is 9.